The predicted octanol–water partition coefficient (Wildman–Crippen LogP) is 3.98. The largest absolute Gasteiger partial charge is 0.488 e. The summed E-state index contributed by atoms with van der Waals surface area (Å²) in [6.07, 6.45) is 2.25. The molecule has 0 saturated heterocycles. The van der Waals surface area contributed by atoms with Crippen LogP contribution in [0.3, 0.4) is 0 Å². The summed E-state index contributed by atoms with van der Waals surface area (Å²) in [6, 6.07) is 7.22. The zero-order valence-corrected chi connectivity index (χ0v) is 16.1. The number of nitrogens with one attached hydrogen (secondary N) is 1. The number of hydrogen-bond donors (Lipinski definition) is 1. The molecule has 4 rings (SSSR count). The number of rotatable bonds is 6. The van der Waals surface area contributed by atoms with Crippen LogP contribution in [0.2, 0.25) is 0 Å². The molecule has 0 bridgehead atoms. The second kappa shape index (κ2) is 7.27. The van der Waals surface area contributed by atoms with Gasteiger partial charge in [0.1, 0.15) is 17.5 Å². The van der Waals surface area contributed by atoms with Gasteiger partial charge >= 0.3 is 0 Å². The monoisotopic (exact) mass is 404 g/mol. The van der Waals surface area contributed by atoms with Crippen LogP contribution in [0.4, 0.5) is 25.4 Å². The molecule has 0 radical (unpaired) electrons. The van der Waals surface area contributed by atoms with E-state index in [0.717, 1.165) is 5.69 Å². The standard InChI is InChI=1S/C18H18F2N6OS/c1-26(2)14-4-3-7-21-16(14)24-17-23-15(25-28-17)13-6-5-11(10-22-13)27-12-8-18(19,20)9-12/h3-7,10,12H,8-9H2,1-2H3,(H,21,23,24,25). The van der Waals surface area contributed by atoms with E-state index in [1.54, 1.807) is 18.3 Å². The van der Waals surface area contributed by atoms with Crippen LogP contribution in [0.15, 0.2) is 36.7 Å². The second-order valence-corrected chi connectivity index (χ2v) is 7.45. The summed E-state index contributed by atoms with van der Waals surface area (Å²) < 4.78 is 35.6. The lowest BCUT2D eigenvalue weighted by atomic mass is 9.91. The van der Waals surface area contributed by atoms with Gasteiger partial charge in [0.15, 0.2) is 11.6 Å². The molecular weight excluding hydrogens is 386 g/mol. The van der Waals surface area contributed by atoms with Crippen molar-refractivity contribution >= 4 is 28.2 Å². The molecule has 1 N–H and O–H groups in total. The molecule has 0 unspecified atom stereocenters. The molecule has 1 aliphatic rings. The van der Waals surface area contributed by atoms with Crippen LogP contribution in [0, 0.1) is 0 Å². The first-order chi connectivity index (χ1) is 13.4. The SMILES string of the molecule is CN(C)c1cccnc1Nc1nc(-c2ccc(OC3CC(F)(F)C3)cn2)ns1. The maximum absolute atomic E-state index is 12.9. The molecule has 3 heterocycles. The second-order valence-electron chi connectivity index (χ2n) is 6.70. The molecule has 3 aromatic heterocycles. The van der Waals surface area contributed by atoms with Crippen molar-refractivity contribution in [3.05, 3.63) is 36.7 Å². The zero-order chi connectivity index (χ0) is 19.7. The number of hydrogen-bond acceptors (Lipinski definition) is 8. The third-order valence-electron chi connectivity index (χ3n) is 4.24. The highest BCUT2D eigenvalue weighted by Crippen LogP contribution is 2.39. The predicted molar refractivity (Wildman–Crippen MR) is 104 cm³/mol. The highest BCUT2D eigenvalue weighted by molar-refractivity contribution is 7.09. The number of halogens is 2. The third-order valence-corrected chi connectivity index (χ3v) is 4.87. The molecule has 0 atom stereocenters. The maximum Gasteiger partial charge on any atom is 0.255 e. The molecule has 10 heteroatoms. The summed E-state index contributed by atoms with van der Waals surface area (Å²) >= 11 is 1.20. The normalized spacial score (nSPS) is 15.7. The summed E-state index contributed by atoms with van der Waals surface area (Å²) in [4.78, 5) is 15.0. The van der Waals surface area contributed by atoms with Crippen molar-refractivity contribution < 1.29 is 13.5 Å². The van der Waals surface area contributed by atoms with Gasteiger partial charge in [-0.05, 0) is 24.3 Å². The molecule has 0 aromatic carbocycles. The third kappa shape index (κ3) is 4.01. The van der Waals surface area contributed by atoms with Crippen LogP contribution in [-0.4, -0.2) is 45.4 Å². The first-order valence-corrected chi connectivity index (χ1v) is 9.41. The van der Waals surface area contributed by atoms with Gasteiger partial charge in [-0.2, -0.15) is 9.36 Å². The van der Waals surface area contributed by atoms with E-state index >= 15 is 0 Å². The quantitative estimate of drug-likeness (QED) is 0.666. The maximum atomic E-state index is 12.9. The molecule has 146 valence electrons. The minimum absolute atomic E-state index is 0.250. The Morgan fingerprint density at radius 2 is 2.04 bits per heavy atom. The van der Waals surface area contributed by atoms with E-state index < -0.39 is 12.0 Å². The van der Waals surface area contributed by atoms with Gasteiger partial charge in [-0.15, -0.1) is 0 Å². The molecular formula is C18H18F2N6OS. The van der Waals surface area contributed by atoms with Crippen LogP contribution in [0.25, 0.3) is 11.5 Å². The number of alkyl halides is 2. The van der Waals surface area contributed by atoms with Gasteiger partial charge in [0, 0.05) is 44.7 Å². The van der Waals surface area contributed by atoms with E-state index in [1.807, 2.05) is 31.1 Å². The zero-order valence-electron chi connectivity index (χ0n) is 15.3. The Labute approximate surface area is 164 Å². The lowest BCUT2D eigenvalue weighted by molar-refractivity contribution is -0.134. The van der Waals surface area contributed by atoms with Crippen molar-refractivity contribution in [3.63, 3.8) is 0 Å². The molecule has 1 fully saturated rings. The summed E-state index contributed by atoms with van der Waals surface area (Å²) in [5, 5.41) is 3.77. The fourth-order valence-electron chi connectivity index (χ4n) is 2.80. The Balaban J connectivity index is 1.43. The molecule has 1 aliphatic carbocycles. The van der Waals surface area contributed by atoms with Gasteiger partial charge in [0.05, 0.1) is 11.9 Å². The van der Waals surface area contributed by atoms with E-state index in [0.29, 0.717) is 28.2 Å². The fraction of sp³-hybridized carbons (Fsp3) is 0.333. The number of nitrogens with zero attached hydrogens (tertiary/aromatic N) is 5. The average molecular weight is 404 g/mol. The smallest absolute Gasteiger partial charge is 0.255 e. The van der Waals surface area contributed by atoms with Crippen LogP contribution in [0.1, 0.15) is 12.8 Å². The van der Waals surface area contributed by atoms with Gasteiger partial charge in [0.25, 0.3) is 5.92 Å². The van der Waals surface area contributed by atoms with Crippen LogP contribution >= 0.6 is 11.5 Å². The molecule has 1 saturated carbocycles. The van der Waals surface area contributed by atoms with Gasteiger partial charge in [0.2, 0.25) is 5.13 Å². The molecule has 7 nitrogen and oxygen atoms in total. The summed E-state index contributed by atoms with van der Waals surface area (Å²) in [5.74, 6) is -0.992. The van der Waals surface area contributed by atoms with E-state index in [1.165, 1.54) is 17.7 Å². The summed E-state index contributed by atoms with van der Waals surface area (Å²) in [5.41, 5.74) is 1.50. The Bertz CT molecular complexity index is 955. The Hall–Kier alpha value is -2.88. The highest BCUT2D eigenvalue weighted by atomic mass is 32.1. The van der Waals surface area contributed by atoms with Crippen LogP contribution < -0.4 is 15.0 Å². The fourth-order valence-corrected chi connectivity index (χ4v) is 3.37. The first kappa shape index (κ1) is 18.5. The van der Waals surface area contributed by atoms with Crippen molar-refractivity contribution in [3.8, 4) is 17.3 Å². The summed E-state index contributed by atoms with van der Waals surface area (Å²) in [7, 11) is 3.87. The Morgan fingerprint density at radius 1 is 1.21 bits per heavy atom. The van der Waals surface area contributed by atoms with E-state index in [2.05, 4.69) is 24.6 Å². The average Bonchev–Trinajstić information content (AvgIpc) is 3.09. The van der Waals surface area contributed by atoms with E-state index in [9.17, 15) is 8.78 Å². The Kier molecular flexibility index (Phi) is 4.80. The van der Waals surface area contributed by atoms with Gasteiger partial charge in [-0.25, -0.2) is 18.7 Å². The topological polar surface area (TPSA) is 76.1 Å². The van der Waals surface area contributed by atoms with Crippen molar-refractivity contribution in [2.24, 2.45) is 0 Å². The van der Waals surface area contributed by atoms with E-state index in [-0.39, 0.29) is 12.8 Å². The van der Waals surface area contributed by atoms with Crippen molar-refractivity contribution in [1.82, 2.24) is 19.3 Å². The number of anilines is 3. The van der Waals surface area contributed by atoms with Crippen LogP contribution in [0.5, 0.6) is 5.75 Å². The lowest BCUT2D eigenvalue weighted by Crippen LogP contribution is -2.43. The van der Waals surface area contributed by atoms with Gasteiger partial charge in [-0.1, -0.05) is 0 Å². The minimum Gasteiger partial charge on any atom is -0.488 e. The Morgan fingerprint density at radius 3 is 2.71 bits per heavy atom. The van der Waals surface area contributed by atoms with Crippen LogP contribution in [-0.2, 0) is 0 Å². The molecule has 0 aliphatic heterocycles. The number of pyridine rings is 2. The molecule has 0 amide bonds. The molecule has 0 spiro atoms. The highest BCUT2D eigenvalue weighted by Gasteiger charge is 2.47. The van der Waals surface area contributed by atoms with Gasteiger partial charge < -0.3 is 15.0 Å². The summed E-state index contributed by atoms with van der Waals surface area (Å²) in [6.45, 7) is 0. The van der Waals surface area contributed by atoms with E-state index in [4.69, 9.17) is 4.74 Å². The lowest BCUT2D eigenvalue weighted by Gasteiger charge is -2.34. The molecule has 28 heavy (non-hydrogen) atoms. The van der Waals surface area contributed by atoms with Crippen molar-refractivity contribution in [2.45, 2.75) is 24.9 Å². The first-order valence-electron chi connectivity index (χ1n) is 8.64. The number of aromatic nitrogens is 4. The van der Waals surface area contributed by atoms with Gasteiger partial charge in [-0.3, -0.25) is 0 Å². The van der Waals surface area contributed by atoms with Crippen molar-refractivity contribution in [2.75, 3.05) is 24.3 Å². The minimum atomic E-state index is -2.61. The van der Waals surface area contributed by atoms with Crippen molar-refractivity contribution in [1.29, 1.82) is 0 Å². The molecule has 3 aromatic rings. The number of ether oxygens (including phenoxy) is 1.